The van der Waals surface area contributed by atoms with Gasteiger partial charge in [0.05, 0.1) is 29.9 Å². The van der Waals surface area contributed by atoms with Crippen molar-refractivity contribution in [1.82, 2.24) is 14.7 Å². The molecular formula is C31H36N4O4. The molecule has 0 radical (unpaired) electrons. The minimum atomic E-state index is -0.591. The topological polar surface area (TPSA) is 82.6 Å². The van der Waals surface area contributed by atoms with Crippen LogP contribution < -0.4 is 9.64 Å². The van der Waals surface area contributed by atoms with E-state index in [2.05, 4.69) is 34.8 Å². The molecule has 2 aliphatic rings. The smallest absolute Gasteiger partial charge is 0.227 e. The molecule has 1 aliphatic heterocycles. The zero-order valence-electron chi connectivity index (χ0n) is 23.4. The Morgan fingerprint density at radius 3 is 2.41 bits per heavy atom. The number of ether oxygens (including phenoxy) is 2. The Balaban J connectivity index is 1.51. The third-order valence-corrected chi connectivity index (χ3v) is 8.73. The predicted octanol–water partition coefficient (Wildman–Crippen LogP) is 6.49. The van der Waals surface area contributed by atoms with Crippen molar-refractivity contribution in [2.75, 3.05) is 19.1 Å². The average Bonchev–Trinajstić information content (AvgIpc) is 3.61. The van der Waals surface area contributed by atoms with Crippen molar-refractivity contribution in [2.24, 2.45) is 0 Å². The van der Waals surface area contributed by atoms with Gasteiger partial charge in [0.1, 0.15) is 22.9 Å². The summed E-state index contributed by atoms with van der Waals surface area (Å²) in [6, 6.07) is 14.5. The maximum Gasteiger partial charge on any atom is 0.227 e. The van der Waals surface area contributed by atoms with Crippen molar-refractivity contribution in [2.45, 2.75) is 77.0 Å². The summed E-state index contributed by atoms with van der Waals surface area (Å²) in [5.74, 6) is 2.61. The first-order valence-electron chi connectivity index (χ1n) is 13.8. The monoisotopic (exact) mass is 528 g/mol. The Hall–Kier alpha value is -3.65. The first-order chi connectivity index (χ1) is 18.8. The standard InChI is InChI=1S/C31H36N4O4/c1-19-29(20(2)39-33-19)21-6-15-27-26(18-21)32-30(34(27)22-7-11-24(37-4)12-8-22)31(3)17-16-28(36)35(31)23-9-13-25(38-5)14-10-23/h6,9-10,13-15,18,22,24H,7-8,11-12,16-17H2,1-5H3/t22?,24?,31-/m1/s1. The van der Waals surface area contributed by atoms with Gasteiger partial charge in [0.15, 0.2) is 0 Å². The van der Waals surface area contributed by atoms with Crippen LogP contribution in [0.5, 0.6) is 5.75 Å². The molecule has 2 aromatic heterocycles. The molecule has 0 unspecified atom stereocenters. The van der Waals surface area contributed by atoms with Gasteiger partial charge in [0, 0.05) is 30.8 Å². The number of aromatic nitrogens is 3. The summed E-state index contributed by atoms with van der Waals surface area (Å²) in [5.41, 5.74) is 5.20. The van der Waals surface area contributed by atoms with Crippen LogP contribution in [0.3, 0.4) is 0 Å². The van der Waals surface area contributed by atoms with Gasteiger partial charge in [0.2, 0.25) is 5.91 Å². The van der Waals surface area contributed by atoms with Crippen molar-refractivity contribution in [1.29, 1.82) is 0 Å². The molecule has 0 N–H and O–H groups in total. The van der Waals surface area contributed by atoms with E-state index in [-0.39, 0.29) is 11.9 Å². The highest BCUT2D eigenvalue weighted by atomic mass is 16.5. The van der Waals surface area contributed by atoms with Gasteiger partial charge >= 0.3 is 0 Å². The van der Waals surface area contributed by atoms with Gasteiger partial charge in [-0.1, -0.05) is 11.2 Å². The number of imidazole rings is 1. The van der Waals surface area contributed by atoms with E-state index in [0.717, 1.165) is 76.6 Å². The number of carbonyl (C=O) groups excluding carboxylic acids is 1. The number of amides is 1. The van der Waals surface area contributed by atoms with Crippen LogP contribution in [0.2, 0.25) is 0 Å². The number of methoxy groups -OCH3 is 2. The van der Waals surface area contributed by atoms with E-state index in [1.165, 1.54) is 0 Å². The molecule has 1 saturated carbocycles. The number of carbonyl (C=O) groups is 1. The number of nitrogens with zero attached hydrogens (tertiary/aromatic N) is 4. The normalized spacial score (nSPS) is 23.6. The second-order valence-electron chi connectivity index (χ2n) is 11.1. The first kappa shape index (κ1) is 25.6. The quantitative estimate of drug-likeness (QED) is 0.285. The third kappa shape index (κ3) is 4.22. The van der Waals surface area contributed by atoms with Gasteiger partial charge in [-0.3, -0.25) is 9.69 Å². The van der Waals surface area contributed by atoms with Crippen LogP contribution in [0.15, 0.2) is 47.0 Å². The molecule has 204 valence electrons. The van der Waals surface area contributed by atoms with Crippen molar-refractivity contribution in [3.05, 3.63) is 59.7 Å². The lowest BCUT2D eigenvalue weighted by atomic mass is 9.90. The molecule has 0 spiro atoms. The second-order valence-corrected chi connectivity index (χ2v) is 11.1. The Kier molecular flexibility index (Phi) is 6.46. The lowest BCUT2D eigenvalue weighted by Gasteiger charge is -2.38. The molecule has 2 aromatic carbocycles. The molecule has 4 aromatic rings. The summed E-state index contributed by atoms with van der Waals surface area (Å²) in [4.78, 5) is 20.7. The Morgan fingerprint density at radius 2 is 1.77 bits per heavy atom. The Morgan fingerprint density at radius 1 is 1.03 bits per heavy atom. The Bertz CT molecular complexity index is 1490. The molecule has 8 heteroatoms. The van der Waals surface area contributed by atoms with E-state index in [4.69, 9.17) is 19.0 Å². The fourth-order valence-electron chi connectivity index (χ4n) is 6.66. The lowest BCUT2D eigenvalue weighted by molar-refractivity contribution is -0.117. The van der Waals surface area contributed by atoms with Crippen LogP contribution >= 0.6 is 0 Å². The fourth-order valence-corrected chi connectivity index (χ4v) is 6.66. The van der Waals surface area contributed by atoms with Crippen LogP contribution in [0.4, 0.5) is 5.69 Å². The van der Waals surface area contributed by atoms with E-state index in [1.54, 1.807) is 14.2 Å². The Labute approximate surface area is 228 Å². The fraction of sp³-hybridized carbons (Fsp3) is 0.452. The van der Waals surface area contributed by atoms with Gasteiger partial charge in [0.25, 0.3) is 0 Å². The number of hydrogen-bond acceptors (Lipinski definition) is 6. The van der Waals surface area contributed by atoms with Gasteiger partial charge in [-0.25, -0.2) is 4.98 Å². The summed E-state index contributed by atoms with van der Waals surface area (Å²) in [6.07, 6.45) is 5.51. The first-order valence-corrected chi connectivity index (χ1v) is 13.8. The molecule has 6 rings (SSSR count). The molecule has 1 amide bonds. The maximum atomic E-state index is 13.4. The molecule has 1 atom stereocenters. The van der Waals surface area contributed by atoms with E-state index in [0.29, 0.717) is 18.9 Å². The minimum Gasteiger partial charge on any atom is -0.497 e. The highest BCUT2D eigenvalue weighted by Gasteiger charge is 2.48. The summed E-state index contributed by atoms with van der Waals surface area (Å²) >= 11 is 0. The number of anilines is 1. The number of aryl methyl sites for hydroxylation is 2. The number of fused-ring (bicyclic) bond motifs is 1. The van der Waals surface area contributed by atoms with Crippen LogP contribution in [-0.4, -0.2) is 40.9 Å². The molecule has 2 fully saturated rings. The zero-order chi connectivity index (χ0) is 27.3. The van der Waals surface area contributed by atoms with E-state index in [1.807, 2.05) is 43.0 Å². The molecule has 39 heavy (non-hydrogen) atoms. The number of benzene rings is 2. The van der Waals surface area contributed by atoms with Crippen LogP contribution in [0.1, 0.15) is 68.8 Å². The van der Waals surface area contributed by atoms with Crippen molar-refractivity contribution < 1.29 is 18.8 Å². The molecule has 1 aliphatic carbocycles. The molecule has 1 saturated heterocycles. The summed E-state index contributed by atoms with van der Waals surface area (Å²) in [7, 11) is 3.45. The average molecular weight is 529 g/mol. The lowest BCUT2D eigenvalue weighted by Crippen LogP contribution is -2.43. The summed E-state index contributed by atoms with van der Waals surface area (Å²) in [5, 5.41) is 4.16. The second kappa shape index (κ2) is 9.83. The summed E-state index contributed by atoms with van der Waals surface area (Å²) in [6.45, 7) is 6.07. The minimum absolute atomic E-state index is 0.112. The van der Waals surface area contributed by atoms with Crippen molar-refractivity contribution in [3.8, 4) is 16.9 Å². The maximum absolute atomic E-state index is 13.4. The van der Waals surface area contributed by atoms with Gasteiger partial charge in [-0.05, 0) is 94.8 Å². The van der Waals surface area contributed by atoms with Crippen LogP contribution in [0.25, 0.3) is 22.2 Å². The van der Waals surface area contributed by atoms with Gasteiger partial charge < -0.3 is 18.6 Å². The van der Waals surface area contributed by atoms with Crippen molar-refractivity contribution >= 4 is 22.6 Å². The zero-order valence-corrected chi connectivity index (χ0v) is 23.4. The van der Waals surface area contributed by atoms with Crippen LogP contribution in [0, 0.1) is 13.8 Å². The number of hydrogen-bond donors (Lipinski definition) is 0. The predicted molar refractivity (Wildman–Crippen MR) is 150 cm³/mol. The van der Waals surface area contributed by atoms with E-state index in [9.17, 15) is 4.79 Å². The molecule has 3 heterocycles. The molecular weight excluding hydrogens is 492 g/mol. The number of rotatable bonds is 6. The van der Waals surface area contributed by atoms with Crippen LogP contribution in [-0.2, 0) is 15.1 Å². The van der Waals surface area contributed by atoms with E-state index < -0.39 is 5.54 Å². The van der Waals surface area contributed by atoms with Gasteiger partial charge in [-0.2, -0.15) is 0 Å². The van der Waals surface area contributed by atoms with Gasteiger partial charge in [-0.15, -0.1) is 0 Å². The molecule has 8 nitrogen and oxygen atoms in total. The summed E-state index contributed by atoms with van der Waals surface area (Å²) < 4.78 is 18.9. The van der Waals surface area contributed by atoms with E-state index >= 15 is 0 Å². The largest absolute Gasteiger partial charge is 0.497 e. The third-order valence-electron chi connectivity index (χ3n) is 8.73. The van der Waals surface area contributed by atoms with Crippen molar-refractivity contribution in [3.63, 3.8) is 0 Å². The highest BCUT2D eigenvalue weighted by molar-refractivity contribution is 5.97. The molecule has 0 bridgehead atoms. The highest BCUT2D eigenvalue weighted by Crippen LogP contribution is 2.46. The SMILES string of the molecule is COc1ccc(N2C(=O)CC[C@]2(C)c2nc3cc(-c4c(C)noc4C)ccc3n2C2CCC(OC)CC2)cc1.